The third-order valence-electron chi connectivity index (χ3n) is 2.23. The summed E-state index contributed by atoms with van der Waals surface area (Å²) in [4.78, 5) is 27.4. The summed E-state index contributed by atoms with van der Waals surface area (Å²) in [6, 6.07) is 3.64. The van der Waals surface area contributed by atoms with Gasteiger partial charge in [0.05, 0.1) is 5.70 Å². The number of rotatable bonds is 1. The van der Waals surface area contributed by atoms with Gasteiger partial charge < -0.3 is 0 Å². The third kappa shape index (κ3) is 1.30. The number of hydrogen-bond acceptors (Lipinski definition) is 4. The lowest BCUT2D eigenvalue weighted by atomic mass is 10.2. The smallest absolute Gasteiger partial charge is 0.265 e. The van der Waals surface area contributed by atoms with Gasteiger partial charge in [-0.15, -0.1) is 0 Å². The summed E-state index contributed by atoms with van der Waals surface area (Å²) in [5.41, 5.74) is 1.67. The van der Waals surface area contributed by atoms with E-state index >= 15 is 0 Å². The minimum atomic E-state index is -0.347. The van der Waals surface area contributed by atoms with Crippen LogP contribution in [0.2, 0.25) is 0 Å². The zero-order valence-corrected chi connectivity index (χ0v) is 8.16. The second kappa shape index (κ2) is 3.30. The van der Waals surface area contributed by atoms with Crippen LogP contribution < -0.4 is 0 Å². The Morgan fingerprint density at radius 2 is 2.12 bits per heavy atom. The first-order valence-corrected chi connectivity index (χ1v) is 4.71. The van der Waals surface area contributed by atoms with Crippen molar-refractivity contribution in [1.82, 2.24) is 4.98 Å². The van der Waals surface area contributed by atoms with Gasteiger partial charge in [0, 0.05) is 24.2 Å². The quantitative estimate of drug-likeness (QED) is 0.687. The fourth-order valence-electron chi connectivity index (χ4n) is 1.49. The van der Waals surface area contributed by atoms with Gasteiger partial charge in [0.2, 0.25) is 0 Å². The van der Waals surface area contributed by atoms with E-state index in [1.165, 1.54) is 6.21 Å². The van der Waals surface area contributed by atoms with Gasteiger partial charge in [0.1, 0.15) is 0 Å². The van der Waals surface area contributed by atoms with Gasteiger partial charge in [-0.2, -0.15) is 0 Å². The number of fused-ring (bicyclic) bond motifs is 1. The molecule has 2 aliphatic heterocycles. The molecule has 0 aromatic carbocycles. The molecule has 0 bridgehead atoms. The zero-order chi connectivity index (χ0) is 11.0. The first-order valence-electron chi connectivity index (χ1n) is 4.71. The molecule has 0 saturated carbocycles. The first kappa shape index (κ1) is 8.84. The van der Waals surface area contributed by atoms with Gasteiger partial charge in [-0.1, -0.05) is 0 Å². The highest BCUT2D eigenvalue weighted by Crippen LogP contribution is 2.17. The summed E-state index contributed by atoms with van der Waals surface area (Å²) < 4.78 is 0. The minimum Gasteiger partial charge on any atom is -0.265 e. The van der Waals surface area contributed by atoms with Crippen LogP contribution >= 0.6 is 0 Å². The summed E-state index contributed by atoms with van der Waals surface area (Å²) in [7, 11) is 0. The van der Waals surface area contributed by atoms with E-state index in [1.54, 1.807) is 24.5 Å². The van der Waals surface area contributed by atoms with Crippen LogP contribution in [0.4, 0.5) is 0 Å². The molecule has 0 unspecified atom stereocenters. The molecule has 5 heteroatoms. The van der Waals surface area contributed by atoms with E-state index in [4.69, 9.17) is 0 Å². The number of pyridine rings is 1. The maximum Gasteiger partial charge on any atom is 0.297 e. The van der Waals surface area contributed by atoms with E-state index in [0.29, 0.717) is 17.2 Å². The molecule has 0 spiro atoms. The molecule has 0 fully saturated rings. The Kier molecular flexibility index (Phi) is 1.83. The van der Waals surface area contributed by atoms with Crippen LogP contribution in [0.5, 0.6) is 0 Å². The second-order valence-electron chi connectivity index (χ2n) is 3.27. The molecule has 16 heavy (non-hydrogen) atoms. The normalized spacial score (nSPS) is 17.8. The van der Waals surface area contributed by atoms with Crippen molar-refractivity contribution in [2.24, 2.45) is 15.0 Å². The van der Waals surface area contributed by atoms with Crippen LogP contribution in [0.15, 0.2) is 51.3 Å². The highest BCUT2D eigenvalue weighted by Gasteiger charge is 2.24. The van der Waals surface area contributed by atoms with Crippen molar-refractivity contribution in [3.05, 3.63) is 41.9 Å². The summed E-state index contributed by atoms with van der Waals surface area (Å²) in [6.45, 7) is 0. The monoisotopic (exact) mass is 210 g/mol. The molecule has 1 aromatic rings. The van der Waals surface area contributed by atoms with Crippen LogP contribution in [0.25, 0.3) is 0 Å². The summed E-state index contributed by atoms with van der Waals surface area (Å²) in [5, 5.41) is 0. The molecule has 3 heterocycles. The maximum absolute atomic E-state index is 11.4. The molecule has 1 amide bonds. The Labute approximate surface area is 91.0 Å². The number of nitrogens with zero attached hydrogens (tertiary/aromatic N) is 4. The van der Waals surface area contributed by atoms with Crippen molar-refractivity contribution in [3.63, 3.8) is 0 Å². The molecular weight excluding hydrogens is 204 g/mol. The fourth-order valence-corrected chi connectivity index (χ4v) is 1.49. The number of aliphatic imine (C=N–C) groups is 3. The average molecular weight is 210 g/mol. The predicted octanol–water partition coefficient (Wildman–Crippen LogP) is 0.778. The Bertz CT molecular complexity index is 581. The Balaban J connectivity index is 2.06. The van der Waals surface area contributed by atoms with E-state index < -0.39 is 0 Å². The van der Waals surface area contributed by atoms with Crippen molar-refractivity contribution in [2.45, 2.75) is 0 Å². The molecule has 0 saturated heterocycles. The van der Waals surface area contributed by atoms with Gasteiger partial charge in [0.15, 0.2) is 11.5 Å². The number of amides is 1. The minimum absolute atomic E-state index is 0.307. The highest BCUT2D eigenvalue weighted by molar-refractivity contribution is 6.51. The molecule has 3 rings (SSSR count). The number of amidine groups is 1. The number of carbonyl (C=O) groups excluding carboxylic acids is 1. The van der Waals surface area contributed by atoms with Gasteiger partial charge in [-0.25, -0.2) is 15.0 Å². The lowest BCUT2D eigenvalue weighted by Crippen LogP contribution is -2.14. The summed E-state index contributed by atoms with van der Waals surface area (Å²) in [6.07, 6.45) is 6.44. The van der Waals surface area contributed by atoms with Crippen molar-refractivity contribution in [2.75, 3.05) is 0 Å². The molecule has 0 N–H and O–H groups in total. The lowest BCUT2D eigenvalue weighted by molar-refractivity contribution is -0.111. The van der Waals surface area contributed by atoms with Gasteiger partial charge in [0.25, 0.3) is 5.91 Å². The van der Waals surface area contributed by atoms with Crippen LogP contribution in [-0.4, -0.2) is 28.7 Å². The second-order valence-corrected chi connectivity index (χ2v) is 3.27. The summed E-state index contributed by atoms with van der Waals surface area (Å²) >= 11 is 0. The molecule has 1 aromatic heterocycles. The molecule has 2 aliphatic rings. The Morgan fingerprint density at radius 3 is 2.88 bits per heavy atom. The topological polar surface area (TPSA) is 67.0 Å². The van der Waals surface area contributed by atoms with Crippen LogP contribution in [0, 0.1) is 0 Å². The maximum atomic E-state index is 11.4. The molecule has 0 aliphatic carbocycles. The Morgan fingerprint density at radius 1 is 1.19 bits per heavy atom. The van der Waals surface area contributed by atoms with Crippen molar-refractivity contribution >= 4 is 23.7 Å². The van der Waals surface area contributed by atoms with E-state index in [9.17, 15) is 4.79 Å². The first-order chi connectivity index (χ1) is 7.84. The SMILES string of the molecule is O=C1N=CC=C2N=C(c3cccnc3)N=C12. The van der Waals surface area contributed by atoms with Gasteiger partial charge in [-0.05, 0) is 18.2 Å². The molecule has 5 nitrogen and oxygen atoms in total. The van der Waals surface area contributed by atoms with E-state index in [0.717, 1.165) is 5.56 Å². The van der Waals surface area contributed by atoms with E-state index in [-0.39, 0.29) is 5.91 Å². The van der Waals surface area contributed by atoms with Crippen molar-refractivity contribution in [1.29, 1.82) is 0 Å². The number of dihydropyridines is 1. The van der Waals surface area contributed by atoms with E-state index in [1.807, 2.05) is 6.07 Å². The van der Waals surface area contributed by atoms with Crippen molar-refractivity contribution < 1.29 is 4.79 Å². The average Bonchev–Trinajstić information content (AvgIpc) is 2.76. The van der Waals surface area contributed by atoms with Gasteiger partial charge >= 0.3 is 0 Å². The molecule has 0 radical (unpaired) electrons. The molecule has 0 atom stereocenters. The predicted molar refractivity (Wildman–Crippen MR) is 59.8 cm³/mol. The zero-order valence-electron chi connectivity index (χ0n) is 8.16. The Hall–Kier alpha value is -2.43. The standard InChI is InChI=1S/C11H6N4O/c16-11-9-8(3-5-13-11)14-10(15-9)7-2-1-4-12-6-7/h1-6H. The van der Waals surface area contributed by atoms with Crippen LogP contribution in [-0.2, 0) is 4.79 Å². The van der Waals surface area contributed by atoms with Crippen LogP contribution in [0.1, 0.15) is 5.56 Å². The van der Waals surface area contributed by atoms with E-state index in [2.05, 4.69) is 20.0 Å². The third-order valence-corrected chi connectivity index (χ3v) is 2.23. The van der Waals surface area contributed by atoms with Crippen molar-refractivity contribution in [3.8, 4) is 0 Å². The summed E-state index contributed by atoms with van der Waals surface area (Å²) in [5.74, 6) is 0.161. The lowest BCUT2D eigenvalue weighted by Gasteiger charge is -1.97. The number of allylic oxidation sites excluding steroid dienone is 1. The number of aromatic nitrogens is 1. The molecule has 76 valence electrons. The molecular formula is C11H6N4O. The highest BCUT2D eigenvalue weighted by atomic mass is 16.1. The van der Waals surface area contributed by atoms with Crippen LogP contribution in [0.3, 0.4) is 0 Å². The number of hydrogen-bond donors (Lipinski definition) is 0. The fraction of sp³-hybridized carbons (Fsp3) is 0. The largest absolute Gasteiger partial charge is 0.297 e. The van der Waals surface area contributed by atoms with Gasteiger partial charge in [-0.3, -0.25) is 9.78 Å². The number of carbonyl (C=O) groups is 1.